The Kier molecular flexibility index (Phi) is 5.23. The lowest BCUT2D eigenvalue weighted by atomic mass is 10.0. The van der Waals surface area contributed by atoms with Crippen LogP contribution in [0.2, 0.25) is 0 Å². The van der Waals surface area contributed by atoms with E-state index in [9.17, 15) is 9.59 Å². The molecule has 0 bridgehead atoms. The Hall–Kier alpha value is -3.67. The molecule has 30 heavy (non-hydrogen) atoms. The predicted molar refractivity (Wildman–Crippen MR) is 121 cm³/mol. The standard InChI is InChI=1S/C24H20BN3O2/c1-27(2)18-12-10-16(11-13-18)23(29)20-15-28(14-17-6-5-9-22(25)26-17)21-8-4-3-7-19(21)24(20)30/h3-13,15H,14H2,1-2H3. The van der Waals surface area contributed by atoms with Gasteiger partial charge < -0.3 is 9.47 Å². The van der Waals surface area contributed by atoms with Crippen LogP contribution in [-0.4, -0.2) is 37.3 Å². The molecule has 0 aliphatic carbocycles. The summed E-state index contributed by atoms with van der Waals surface area (Å²) in [5.74, 6) is -0.301. The average Bonchev–Trinajstić information content (AvgIpc) is 2.75. The average molecular weight is 393 g/mol. The Labute approximate surface area is 176 Å². The van der Waals surface area contributed by atoms with E-state index in [0.717, 1.165) is 16.9 Å². The van der Waals surface area contributed by atoms with Crippen LogP contribution in [0.15, 0.2) is 77.7 Å². The number of benzene rings is 2. The van der Waals surface area contributed by atoms with Gasteiger partial charge in [0.05, 0.1) is 23.3 Å². The summed E-state index contributed by atoms with van der Waals surface area (Å²) in [5, 5.41) is 0.497. The number of aromatic nitrogens is 2. The third kappa shape index (κ3) is 3.76. The van der Waals surface area contributed by atoms with Gasteiger partial charge in [0, 0.05) is 36.9 Å². The van der Waals surface area contributed by atoms with E-state index in [1.807, 2.05) is 60.0 Å². The zero-order chi connectivity index (χ0) is 21.3. The fourth-order valence-corrected chi connectivity index (χ4v) is 3.46. The SMILES string of the molecule is [B]c1cccc(Cn2cc(C(=O)c3ccc(N(C)C)cc3)c(=O)c3ccccc32)n1. The van der Waals surface area contributed by atoms with Crippen molar-refractivity contribution in [3.05, 3.63) is 100.0 Å². The van der Waals surface area contributed by atoms with Gasteiger partial charge in [0.15, 0.2) is 5.78 Å². The minimum atomic E-state index is -0.301. The van der Waals surface area contributed by atoms with Crippen LogP contribution in [-0.2, 0) is 6.54 Å². The minimum Gasteiger partial charge on any atom is -0.378 e. The van der Waals surface area contributed by atoms with E-state index in [1.54, 1.807) is 36.5 Å². The number of hydrogen-bond donors (Lipinski definition) is 0. The molecule has 0 unspecified atom stereocenters. The smallest absolute Gasteiger partial charge is 0.200 e. The van der Waals surface area contributed by atoms with Crippen LogP contribution in [0.3, 0.4) is 0 Å². The van der Waals surface area contributed by atoms with Gasteiger partial charge in [-0.05, 0) is 48.1 Å². The summed E-state index contributed by atoms with van der Waals surface area (Å²) in [5.41, 5.74) is 3.23. The van der Waals surface area contributed by atoms with Gasteiger partial charge in [-0.3, -0.25) is 14.6 Å². The molecular formula is C24H20BN3O2. The van der Waals surface area contributed by atoms with Crippen LogP contribution in [0.25, 0.3) is 10.9 Å². The van der Waals surface area contributed by atoms with E-state index in [2.05, 4.69) is 4.98 Å². The largest absolute Gasteiger partial charge is 0.378 e. The van der Waals surface area contributed by atoms with E-state index >= 15 is 0 Å². The van der Waals surface area contributed by atoms with Gasteiger partial charge in [0.1, 0.15) is 7.85 Å². The molecule has 2 aromatic heterocycles. The molecule has 5 nitrogen and oxygen atoms in total. The number of fused-ring (bicyclic) bond motifs is 1. The van der Waals surface area contributed by atoms with Gasteiger partial charge in [-0.1, -0.05) is 24.3 Å². The van der Waals surface area contributed by atoms with Crippen molar-refractivity contribution in [2.75, 3.05) is 19.0 Å². The van der Waals surface area contributed by atoms with Gasteiger partial charge in [0.25, 0.3) is 0 Å². The molecule has 2 aromatic carbocycles. The Balaban J connectivity index is 1.82. The highest BCUT2D eigenvalue weighted by Gasteiger charge is 2.17. The van der Waals surface area contributed by atoms with Crippen molar-refractivity contribution in [1.82, 2.24) is 9.55 Å². The molecule has 2 radical (unpaired) electrons. The molecule has 2 heterocycles. The molecule has 6 heteroatoms. The lowest BCUT2D eigenvalue weighted by molar-refractivity contribution is 0.103. The summed E-state index contributed by atoms with van der Waals surface area (Å²) in [6.45, 7) is 0.395. The molecule has 0 aliphatic rings. The van der Waals surface area contributed by atoms with Crippen molar-refractivity contribution in [2.24, 2.45) is 0 Å². The first-order valence-electron chi connectivity index (χ1n) is 9.60. The van der Waals surface area contributed by atoms with Crippen LogP contribution >= 0.6 is 0 Å². The van der Waals surface area contributed by atoms with Crippen molar-refractivity contribution in [2.45, 2.75) is 6.54 Å². The van der Waals surface area contributed by atoms with Gasteiger partial charge >= 0.3 is 0 Å². The Morgan fingerprint density at radius 3 is 2.43 bits per heavy atom. The van der Waals surface area contributed by atoms with Crippen LogP contribution in [0.1, 0.15) is 21.6 Å². The number of para-hydroxylation sites is 1. The second kappa shape index (κ2) is 7.99. The molecule has 0 spiro atoms. The van der Waals surface area contributed by atoms with Gasteiger partial charge in [-0.2, -0.15) is 0 Å². The first kappa shape index (κ1) is 19.6. The summed E-state index contributed by atoms with van der Waals surface area (Å²) in [6.07, 6.45) is 1.62. The Morgan fingerprint density at radius 2 is 1.73 bits per heavy atom. The highest BCUT2D eigenvalue weighted by atomic mass is 16.1. The van der Waals surface area contributed by atoms with Crippen molar-refractivity contribution in [3.8, 4) is 0 Å². The summed E-state index contributed by atoms with van der Waals surface area (Å²) in [7, 11) is 9.68. The number of hydrogen-bond acceptors (Lipinski definition) is 4. The quantitative estimate of drug-likeness (QED) is 0.386. The number of carbonyl (C=O) groups is 1. The minimum absolute atomic E-state index is 0.134. The van der Waals surface area contributed by atoms with Crippen LogP contribution in [0, 0.1) is 0 Å². The highest BCUT2D eigenvalue weighted by molar-refractivity contribution is 6.30. The van der Waals surface area contributed by atoms with E-state index in [0.29, 0.717) is 23.1 Å². The number of carbonyl (C=O) groups excluding carboxylic acids is 1. The lowest BCUT2D eigenvalue weighted by Crippen LogP contribution is -2.21. The summed E-state index contributed by atoms with van der Waals surface area (Å²) in [6, 6.07) is 19.9. The monoisotopic (exact) mass is 393 g/mol. The molecule has 0 N–H and O–H groups in total. The van der Waals surface area contributed by atoms with Gasteiger partial charge in [-0.15, -0.1) is 0 Å². The van der Waals surface area contributed by atoms with E-state index in [4.69, 9.17) is 7.85 Å². The summed E-state index contributed by atoms with van der Waals surface area (Å²) < 4.78 is 1.87. The number of nitrogens with zero attached hydrogens (tertiary/aromatic N) is 3. The van der Waals surface area contributed by atoms with E-state index in [-0.39, 0.29) is 16.8 Å². The molecule has 0 saturated heterocycles. The maximum atomic E-state index is 13.2. The third-order valence-electron chi connectivity index (χ3n) is 5.04. The second-order valence-electron chi connectivity index (χ2n) is 7.34. The second-order valence-corrected chi connectivity index (χ2v) is 7.34. The molecule has 4 rings (SSSR count). The fraction of sp³-hybridized carbons (Fsp3) is 0.125. The predicted octanol–water partition coefficient (Wildman–Crippen LogP) is 2.54. The Bertz CT molecular complexity index is 1290. The zero-order valence-corrected chi connectivity index (χ0v) is 16.9. The lowest BCUT2D eigenvalue weighted by Gasteiger charge is -2.14. The number of rotatable bonds is 5. The summed E-state index contributed by atoms with van der Waals surface area (Å²) in [4.78, 5) is 32.6. The molecule has 0 saturated carbocycles. The highest BCUT2D eigenvalue weighted by Crippen LogP contribution is 2.18. The molecule has 0 atom stereocenters. The normalized spacial score (nSPS) is 10.9. The molecule has 4 aromatic rings. The molecule has 0 fully saturated rings. The van der Waals surface area contributed by atoms with Crippen molar-refractivity contribution in [3.63, 3.8) is 0 Å². The van der Waals surface area contributed by atoms with Gasteiger partial charge in [-0.25, -0.2) is 0 Å². The molecular weight excluding hydrogens is 373 g/mol. The molecule has 0 amide bonds. The zero-order valence-electron chi connectivity index (χ0n) is 16.9. The van der Waals surface area contributed by atoms with Crippen LogP contribution < -0.4 is 15.9 Å². The fourth-order valence-electron chi connectivity index (χ4n) is 3.46. The van der Waals surface area contributed by atoms with Crippen molar-refractivity contribution < 1.29 is 4.79 Å². The topological polar surface area (TPSA) is 55.2 Å². The first-order chi connectivity index (χ1) is 14.4. The number of ketones is 1. The first-order valence-corrected chi connectivity index (χ1v) is 9.60. The van der Waals surface area contributed by atoms with Crippen molar-refractivity contribution >= 4 is 35.8 Å². The van der Waals surface area contributed by atoms with Gasteiger partial charge in [0.2, 0.25) is 5.43 Å². The summed E-state index contributed by atoms with van der Waals surface area (Å²) >= 11 is 0. The number of pyridine rings is 2. The number of anilines is 1. The maximum absolute atomic E-state index is 13.2. The molecule has 0 aliphatic heterocycles. The van der Waals surface area contributed by atoms with E-state index in [1.165, 1.54) is 0 Å². The third-order valence-corrected chi connectivity index (χ3v) is 5.04. The molecule has 146 valence electrons. The van der Waals surface area contributed by atoms with Crippen molar-refractivity contribution in [1.29, 1.82) is 0 Å². The van der Waals surface area contributed by atoms with Crippen LogP contribution in [0.5, 0.6) is 0 Å². The van der Waals surface area contributed by atoms with E-state index < -0.39 is 0 Å². The Morgan fingerprint density at radius 1 is 1.00 bits per heavy atom. The maximum Gasteiger partial charge on any atom is 0.200 e. The van der Waals surface area contributed by atoms with Crippen LogP contribution in [0.4, 0.5) is 5.69 Å².